The lowest BCUT2D eigenvalue weighted by Crippen LogP contribution is -2.01. The first-order valence-electron chi connectivity index (χ1n) is 6.61. The van der Waals surface area contributed by atoms with Crippen molar-refractivity contribution in [3.63, 3.8) is 0 Å². The van der Waals surface area contributed by atoms with Gasteiger partial charge in [-0.05, 0) is 12.1 Å². The largest absolute Gasteiger partial charge is 0.485 e. The highest BCUT2D eigenvalue weighted by atomic mass is 35.5. The molecule has 0 atom stereocenters. The quantitative estimate of drug-likeness (QED) is 0.799. The van der Waals surface area contributed by atoms with Gasteiger partial charge in [0.25, 0.3) is 0 Å². The van der Waals surface area contributed by atoms with Gasteiger partial charge >= 0.3 is 0 Å². The van der Waals surface area contributed by atoms with Gasteiger partial charge in [-0.25, -0.2) is 15.0 Å². The van der Waals surface area contributed by atoms with E-state index in [9.17, 15) is 0 Å². The molecule has 5 nitrogen and oxygen atoms in total. The predicted molar refractivity (Wildman–Crippen MR) is 85.5 cm³/mol. The van der Waals surface area contributed by atoms with Crippen molar-refractivity contribution in [1.29, 1.82) is 0 Å². The molecular weight excluding hydrogens is 300 g/mol. The van der Waals surface area contributed by atoms with Gasteiger partial charge in [0.2, 0.25) is 0 Å². The molecule has 0 saturated carbocycles. The van der Waals surface area contributed by atoms with E-state index in [1.54, 1.807) is 18.6 Å². The average Bonchev–Trinajstić information content (AvgIpc) is 2.56. The summed E-state index contributed by atoms with van der Waals surface area (Å²) in [6.07, 6.45) is 6.55. The van der Waals surface area contributed by atoms with Gasteiger partial charge in [0.1, 0.15) is 12.9 Å². The number of halogens is 1. The van der Waals surface area contributed by atoms with Crippen molar-refractivity contribution in [2.24, 2.45) is 0 Å². The summed E-state index contributed by atoms with van der Waals surface area (Å²) in [7, 11) is 0. The molecule has 0 aliphatic rings. The fraction of sp³-hybridized carbons (Fsp3) is 0.0625. The van der Waals surface area contributed by atoms with Crippen molar-refractivity contribution in [3.8, 4) is 16.9 Å². The molecule has 0 saturated heterocycles. The van der Waals surface area contributed by atoms with Gasteiger partial charge in [-0.2, -0.15) is 0 Å². The topological polar surface area (TPSA) is 73.9 Å². The van der Waals surface area contributed by atoms with E-state index >= 15 is 0 Å². The number of pyridine rings is 1. The van der Waals surface area contributed by atoms with Gasteiger partial charge in [-0.1, -0.05) is 29.8 Å². The second-order valence-electron chi connectivity index (χ2n) is 4.61. The van der Waals surface area contributed by atoms with Crippen LogP contribution < -0.4 is 10.5 Å². The number of hydrogen-bond donors (Lipinski definition) is 1. The molecule has 22 heavy (non-hydrogen) atoms. The van der Waals surface area contributed by atoms with Crippen molar-refractivity contribution in [2.75, 3.05) is 5.73 Å². The number of ether oxygens (including phenoxy) is 1. The number of benzene rings is 1. The van der Waals surface area contributed by atoms with Crippen molar-refractivity contribution in [1.82, 2.24) is 15.0 Å². The summed E-state index contributed by atoms with van der Waals surface area (Å²) in [6, 6.07) is 9.32. The van der Waals surface area contributed by atoms with Crippen LogP contribution in [-0.4, -0.2) is 15.0 Å². The maximum atomic E-state index is 6.11. The standard InChI is InChI=1S/C16H13ClN4O/c17-14-4-2-1-3-11(14)9-22-15-5-12(8-21-16(15)18)13-6-19-10-20-7-13/h1-8,10H,9H2,(H2,18,21). The summed E-state index contributed by atoms with van der Waals surface area (Å²) in [5.74, 6) is 0.828. The molecule has 2 N–H and O–H groups in total. The van der Waals surface area contributed by atoms with Crippen LogP contribution in [0.25, 0.3) is 11.1 Å². The van der Waals surface area contributed by atoms with Crippen molar-refractivity contribution >= 4 is 17.4 Å². The third kappa shape index (κ3) is 3.15. The Morgan fingerprint density at radius 1 is 1.05 bits per heavy atom. The molecule has 110 valence electrons. The Labute approximate surface area is 132 Å². The van der Waals surface area contributed by atoms with Crippen molar-refractivity contribution in [3.05, 3.63) is 65.8 Å². The highest BCUT2D eigenvalue weighted by Crippen LogP contribution is 2.27. The fourth-order valence-electron chi connectivity index (χ4n) is 1.95. The maximum absolute atomic E-state index is 6.11. The Morgan fingerprint density at radius 3 is 2.59 bits per heavy atom. The summed E-state index contributed by atoms with van der Waals surface area (Å²) < 4.78 is 5.75. The van der Waals surface area contributed by atoms with Crippen LogP contribution in [0.1, 0.15) is 5.56 Å². The Hall–Kier alpha value is -2.66. The van der Waals surface area contributed by atoms with E-state index < -0.39 is 0 Å². The first-order valence-corrected chi connectivity index (χ1v) is 6.99. The summed E-state index contributed by atoms with van der Waals surface area (Å²) in [6.45, 7) is 0.320. The maximum Gasteiger partial charge on any atom is 0.166 e. The summed E-state index contributed by atoms with van der Waals surface area (Å²) in [5.41, 5.74) is 8.44. The van der Waals surface area contributed by atoms with E-state index in [-0.39, 0.29) is 0 Å². The number of nitrogens with two attached hydrogens (primary N) is 1. The predicted octanol–water partition coefficient (Wildman–Crippen LogP) is 3.35. The Balaban J connectivity index is 1.83. The zero-order valence-corrected chi connectivity index (χ0v) is 12.4. The molecule has 1 aromatic carbocycles. The number of anilines is 1. The molecule has 0 radical (unpaired) electrons. The summed E-state index contributed by atoms with van der Waals surface area (Å²) in [5, 5.41) is 0.654. The smallest absolute Gasteiger partial charge is 0.166 e. The lowest BCUT2D eigenvalue weighted by atomic mass is 10.1. The molecule has 0 amide bonds. The molecule has 3 rings (SSSR count). The van der Waals surface area contributed by atoms with Crippen molar-refractivity contribution in [2.45, 2.75) is 6.61 Å². The lowest BCUT2D eigenvalue weighted by Gasteiger charge is -2.11. The number of nitrogen functional groups attached to an aromatic ring is 1. The fourth-order valence-corrected chi connectivity index (χ4v) is 2.14. The normalized spacial score (nSPS) is 10.4. The van der Waals surface area contributed by atoms with Gasteiger partial charge in [0.05, 0.1) is 0 Å². The van der Waals surface area contributed by atoms with Crippen LogP contribution in [0.5, 0.6) is 5.75 Å². The van der Waals surface area contributed by atoms with Crippen LogP contribution in [-0.2, 0) is 6.61 Å². The van der Waals surface area contributed by atoms with Crippen LogP contribution in [0.4, 0.5) is 5.82 Å². The second kappa shape index (κ2) is 6.41. The molecule has 2 heterocycles. The SMILES string of the molecule is Nc1ncc(-c2cncnc2)cc1OCc1ccccc1Cl. The number of nitrogens with zero attached hydrogens (tertiary/aromatic N) is 3. The molecule has 3 aromatic rings. The molecule has 0 spiro atoms. The monoisotopic (exact) mass is 312 g/mol. The van der Waals surface area contributed by atoms with Gasteiger partial charge in [-0.15, -0.1) is 0 Å². The van der Waals surface area contributed by atoms with Gasteiger partial charge < -0.3 is 10.5 Å². The number of hydrogen-bond acceptors (Lipinski definition) is 5. The highest BCUT2D eigenvalue weighted by Gasteiger charge is 2.08. The minimum Gasteiger partial charge on any atom is -0.485 e. The summed E-state index contributed by atoms with van der Waals surface area (Å²) in [4.78, 5) is 12.1. The number of aromatic nitrogens is 3. The molecule has 0 aliphatic carbocycles. The minimum absolute atomic E-state index is 0.320. The second-order valence-corrected chi connectivity index (χ2v) is 5.02. The highest BCUT2D eigenvalue weighted by molar-refractivity contribution is 6.31. The molecule has 6 heteroatoms. The van der Waals surface area contributed by atoms with Crippen LogP contribution in [0.15, 0.2) is 55.2 Å². The molecule has 0 fully saturated rings. The molecular formula is C16H13ClN4O. The first kappa shape index (κ1) is 14.3. The van der Waals surface area contributed by atoms with E-state index in [0.29, 0.717) is 23.2 Å². The average molecular weight is 313 g/mol. The molecule has 0 unspecified atom stereocenters. The summed E-state index contributed by atoms with van der Waals surface area (Å²) >= 11 is 6.11. The molecule has 0 bridgehead atoms. The zero-order valence-electron chi connectivity index (χ0n) is 11.6. The van der Waals surface area contributed by atoms with E-state index in [1.807, 2.05) is 30.3 Å². The van der Waals surface area contributed by atoms with E-state index in [4.69, 9.17) is 22.1 Å². The zero-order chi connectivity index (χ0) is 15.4. The van der Waals surface area contributed by atoms with Crippen molar-refractivity contribution < 1.29 is 4.74 Å². The lowest BCUT2D eigenvalue weighted by molar-refractivity contribution is 0.307. The third-order valence-corrected chi connectivity index (χ3v) is 3.49. The molecule has 0 aliphatic heterocycles. The molecule has 2 aromatic heterocycles. The van der Waals surface area contributed by atoms with Crippen LogP contribution in [0, 0.1) is 0 Å². The minimum atomic E-state index is 0.320. The van der Waals surface area contributed by atoms with Gasteiger partial charge in [0.15, 0.2) is 11.6 Å². The van der Waals surface area contributed by atoms with Gasteiger partial charge in [0, 0.05) is 40.3 Å². The van der Waals surface area contributed by atoms with Gasteiger partial charge in [-0.3, -0.25) is 0 Å². The Kier molecular flexibility index (Phi) is 4.16. The van der Waals surface area contributed by atoms with Crippen LogP contribution in [0.3, 0.4) is 0 Å². The number of rotatable bonds is 4. The Morgan fingerprint density at radius 2 is 1.82 bits per heavy atom. The first-order chi connectivity index (χ1) is 10.7. The van der Waals surface area contributed by atoms with E-state index in [0.717, 1.165) is 16.7 Å². The Bertz CT molecular complexity index is 780. The van der Waals surface area contributed by atoms with E-state index in [2.05, 4.69) is 15.0 Å². The third-order valence-electron chi connectivity index (χ3n) is 3.12. The van der Waals surface area contributed by atoms with Crippen LogP contribution in [0.2, 0.25) is 5.02 Å². The van der Waals surface area contributed by atoms with E-state index in [1.165, 1.54) is 6.33 Å². The van der Waals surface area contributed by atoms with Crippen LogP contribution >= 0.6 is 11.6 Å².